The summed E-state index contributed by atoms with van der Waals surface area (Å²) in [6.07, 6.45) is 0. The molecule has 2 heteroatoms. The Morgan fingerprint density at radius 2 is 2.20 bits per heavy atom. The van der Waals surface area contributed by atoms with Gasteiger partial charge in [0.05, 0.1) is 0 Å². The predicted octanol–water partition coefficient (Wildman–Crippen LogP) is 2.01. The first-order chi connectivity index (χ1) is 2.27. The summed E-state index contributed by atoms with van der Waals surface area (Å²) < 4.78 is 0.669. The second kappa shape index (κ2) is 3.28. The zero-order valence-electron chi connectivity index (χ0n) is 3.07. The number of hydrogen-bond acceptors (Lipinski definition) is 0. The van der Waals surface area contributed by atoms with E-state index in [9.17, 15) is 0 Å². The van der Waals surface area contributed by atoms with E-state index in [1.165, 1.54) is 0 Å². The summed E-state index contributed by atoms with van der Waals surface area (Å²) >= 11 is 6.97. The minimum Gasteiger partial charge on any atom is -0.0930 e. The van der Waals surface area contributed by atoms with Crippen LogP contribution in [0, 0.1) is 0 Å². The van der Waals surface area contributed by atoms with Crippen LogP contribution in [0.1, 0.15) is 6.92 Å². The van der Waals surface area contributed by atoms with Gasteiger partial charge in [-0.15, -0.1) is 0 Å². The van der Waals surface area contributed by atoms with Gasteiger partial charge in [-0.3, -0.25) is 0 Å². The molecule has 1 radical (unpaired) electrons. The molecule has 0 aromatic rings. The van der Waals surface area contributed by atoms with E-state index in [1.54, 1.807) is 0 Å². The van der Waals surface area contributed by atoms with Crippen molar-refractivity contribution in [3.63, 3.8) is 0 Å². The summed E-state index contributed by atoms with van der Waals surface area (Å²) in [6, 6.07) is 0. The number of halogens is 1. The van der Waals surface area contributed by atoms with Crippen LogP contribution in [0.25, 0.3) is 0 Å². The van der Waals surface area contributed by atoms with Crippen molar-refractivity contribution < 1.29 is 0 Å². The summed E-state index contributed by atoms with van der Waals surface area (Å²) in [6.45, 7) is 2.10. The fraction of sp³-hybridized carbons (Fsp3) is 1.00. The zero-order chi connectivity index (χ0) is 4.28. The van der Waals surface area contributed by atoms with E-state index in [0.717, 1.165) is 5.75 Å². The Hall–Kier alpha value is 1.08. The highest BCUT2D eigenvalue weighted by molar-refractivity contribution is 14.1. The van der Waals surface area contributed by atoms with Crippen molar-refractivity contribution in [2.75, 3.05) is 5.75 Å². The van der Waals surface area contributed by atoms with E-state index in [4.69, 9.17) is 0 Å². The van der Waals surface area contributed by atoms with Crippen molar-refractivity contribution in [1.82, 2.24) is 0 Å². The van der Waals surface area contributed by atoms with Crippen molar-refractivity contribution in [2.24, 2.45) is 0 Å². The molecule has 0 spiro atoms. The summed E-state index contributed by atoms with van der Waals surface area (Å²) in [7, 11) is 0. The molecule has 0 aromatic heterocycles. The molecule has 31 valence electrons. The molecule has 0 rings (SSSR count). The molecule has 0 nitrogen and oxygen atoms in total. The minimum absolute atomic E-state index is 0.669. The fourth-order valence-electron chi connectivity index (χ4n) is 0. The molecule has 0 aliphatic carbocycles. The van der Waals surface area contributed by atoms with Gasteiger partial charge in [0.2, 0.25) is 0 Å². The fourth-order valence-corrected chi connectivity index (χ4v) is 0. The largest absolute Gasteiger partial charge is 0.0930 e. The molecule has 0 aromatic carbocycles. The van der Waals surface area contributed by atoms with Crippen molar-refractivity contribution in [1.29, 1.82) is 0 Å². The van der Waals surface area contributed by atoms with Gasteiger partial charge in [-0.1, -0.05) is 42.1 Å². The van der Waals surface area contributed by atoms with E-state index in [0.29, 0.717) is 3.92 Å². The lowest BCUT2D eigenvalue weighted by molar-refractivity contribution is 1.19. The first-order valence-corrected chi connectivity index (χ1v) is 3.32. The smallest absolute Gasteiger partial charge is 0.0180 e. The van der Waals surface area contributed by atoms with Gasteiger partial charge in [-0.25, -0.2) is 0 Å². The molecule has 5 heavy (non-hydrogen) atoms. The lowest BCUT2D eigenvalue weighted by Gasteiger charge is -1.86. The van der Waals surface area contributed by atoms with Crippen molar-refractivity contribution in [3.8, 4) is 0 Å². The van der Waals surface area contributed by atoms with Gasteiger partial charge in [0, 0.05) is 9.68 Å². The first-order valence-electron chi connectivity index (χ1n) is 1.49. The molecule has 1 unspecified atom stereocenters. The van der Waals surface area contributed by atoms with Gasteiger partial charge in [0.15, 0.2) is 0 Å². The van der Waals surface area contributed by atoms with Crippen LogP contribution < -0.4 is 0 Å². The second-order valence-electron chi connectivity index (χ2n) is 0.947. The lowest BCUT2D eigenvalue weighted by atomic mass is 10.6. The Labute approximate surface area is 51.9 Å². The summed E-state index contributed by atoms with van der Waals surface area (Å²) in [5.41, 5.74) is 0. The summed E-state index contributed by atoms with van der Waals surface area (Å²) in [5, 5.41) is 0. The highest BCUT2D eigenvalue weighted by Crippen LogP contribution is 1.97. The minimum atomic E-state index is 0.669. The molecule has 0 fully saturated rings. The van der Waals surface area contributed by atoms with Crippen LogP contribution in [-0.2, 0) is 0 Å². The Balaban J connectivity index is 2.54. The third-order valence-electron chi connectivity index (χ3n) is 0.230. The Bertz CT molecular complexity index is 20.9. The molecular formula is C3H6IS. The highest BCUT2D eigenvalue weighted by atomic mass is 127. The van der Waals surface area contributed by atoms with E-state index < -0.39 is 0 Å². The van der Waals surface area contributed by atoms with E-state index >= 15 is 0 Å². The first kappa shape index (κ1) is 6.08. The third-order valence-corrected chi connectivity index (χ3v) is 1.77. The predicted molar refractivity (Wildman–Crippen MR) is 35.9 cm³/mol. The third kappa shape index (κ3) is 5.08. The maximum absolute atomic E-state index is 4.67. The zero-order valence-corrected chi connectivity index (χ0v) is 6.04. The molecule has 0 bridgehead atoms. The van der Waals surface area contributed by atoms with Crippen molar-refractivity contribution in [3.05, 3.63) is 0 Å². The molecule has 0 amide bonds. The van der Waals surface area contributed by atoms with E-state index in [2.05, 4.69) is 42.1 Å². The lowest BCUT2D eigenvalue weighted by Crippen LogP contribution is -1.86. The van der Waals surface area contributed by atoms with Crippen LogP contribution in [-0.4, -0.2) is 9.68 Å². The molecule has 0 heterocycles. The number of rotatable bonds is 1. The molecule has 0 saturated carbocycles. The maximum Gasteiger partial charge on any atom is 0.0180 e. The normalized spacial score (nSPS) is 15.0. The standard InChI is InChI=1S/C3H6IS/c1-3(4)2-5/h3H,2H2,1H3. The SMILES string of the molecule is CC(I)C[S]. The van der Waals surface area contributed by atoms with Crippen LogP contribution in [0.2, 0.25) is 0 Å². The molecule has 0 saturated heterocycles. The van der Waals surface area contributed by atoms with Crippen LogP contribution >= 0.6 is 35.2 Å². The molecule has 0 aliphatic rings. The highest BCUT2D eigenvalue weighted by Gasteiger charge is 1.84. The number of alkyl halides is 1. The topological polar surface area (TPSA) is 0 Å². The second-order valence-corrected chi connectivity index (χ2v) is 3.41. The van der Waals surface area contributed by atoms with E-state index in [1.807, 2.05) is 0 Å². The Kier molecular flexibility index (Phi) is 3.98. The van der Waals surface area contributed by atoms with Gasteiger partial charge in [-0.2, -0.15) is 0 Å². The van der Waals surface area contributed by atoms with Gasteiger partial charge in [-0.05, 0) is 0 Å². The quantitative estimate of drug-likeness (QED) is 0.449. The molecule has 0 N–H and O–H groups in total. The number of hydrogen-bond donors (Lipinski definition) is 0. The average molecular weight is 201 g/mol. The molecule has 0 aliphatic heterocycles. The van der Waals surface area contributed by atoms with Crippen LogP contribution in [0.5, 0.6) is 0 Å². The summed E-state index contributed by atoms with van der Waals surface area (Å²) in [5.74, 6) is 0.876. The van der Waals surface area contributed by atoms with Gasteiger partial charge < -0.3 is 0 Å². The van der Waals surface area contributed by atoms with Crippen LogP contribution in [0.4, 0.5) is 0 Å². The Morgan fingerprint density at radius 3 is 2.20 bits per heavy atom. The van der Waals surface area contributed by atoms with Gasteiger partial charge in [0.25, 0.3) is 0 Å². The van der Waals surface area contributed by atoms with E-state index in [-0.39, 0.29) is 0 Å². The van der Waals surface area contributed by atoms with Gasteiger partial charge in [0.1, 0.15) is 0 Å². The maximum atomic E-state index is 4.67. The van der Waals surface area contributed by atoms with Crippen molar-refractivity contribution >= 4 is 35.2 Å². The van der Waals surface area contributed by atoms with Crippen LogP contribution in [0.3, 0.4) is 0 Å². The summed E-state index contributed by atoms with van der Waals surface area (Å²) in [4.78, 5) is 0. The molecule has 1 atom stereocenters. The molecular weight excluding hydrogens is 195 g/mol. The average Bonchev–Trinajstić information content (AvgIpc) is 1.38. The van der Waals surface area contributed by atoms with Crippen molar-refractivity contribution in [2.45, 2.75) is 10.8 Å². The Morgan fingerprint density at radius 1 is 2.00 bits per heavy atom. The monoisotopic (exact) mass is 201 g/mol. The van der Waals surface area contributed by atoms with Gasteiger partial charge >= 0.3 is 0 Å². The van der Waals surface area contributed by atoms with Crippen LogP contribution in [0.15, 0.2) is 0 Å².